The summed E-state index contributed by atoms with van der Waals surface area (Å²) in [5.41, 5.74) is 2.25. The molecule has 0 saturated heterocycles. The van der Waals surface area contributed by atoms with E-state index in [2.05, 4.69) is 20.2 Å². The van der Waals surface area contributed by atoms with Gasteiger partial charge in [0, 0.05) is 24.2 Å². The number of aryl methyl sites for hydroxylation is 1. The first-order valence-corrected chi connectivity index (χ1v) is 13.0. The number of nitrogens with zero attached hydrogens (tertiary/aromatic N) is 2. The van der Waals surface area contributed by atoms with Crippen molar-refractivity contribution in [1.82, 2.24) is 14.8 Å². The normalized spacial score (nSPS) is 13.1. The number of carbonyl (C=O) groups is 1. The van der Waals surface area contributed by atoms with E-state index in [0.29, 0.717) is 41.1 Å². The Morgan fingerprint density at radius 1 is 1.05 bits per heavy atom. The van der Waals surface area contributed by atoms with Crippen LogP contribution in [0, 0.1) is 0 Å². The van der Waals surface area contributed by atoms with Crippen LogP contribution in [0.5, 0.6) is 11.5 Å². The number of fused-ring (bicyclic) bond motifs is 3. The highest BCUT2D eigenvalue weighted by Crippen LogP contribution is 2.31. The predicted molar refractivity (Wildman–Crippen MR) is 138 cm³/mol. The summed E-state index contributed by atoms with van der Waals surface area (Å²) in [7, 11) is -2.47. The number of nitrogens with one attached hydrogen (secondary N) is 3. The molecule has 0 bridgehead atoms. The smallest absolute Gasteiger partial charge is 0.419 e. The molecule has 0 radical (unpaired) electrons. The van der Waals surface area contributed by atoms with Gasteiger partial charge in [0.25, 0.3) is 10.0 Å². The molecule has 1 aliphatic heterocycles. The minimum Gasteiger partial charge on any atom is -0.486 e. The van der Waals surface area contributed by atoms with Crippen molar-refractivity contribution in [2.75, 3.05) is 23.3 Å². The number of rotatable bonds is 6. The SMILES string of the molecule is Cn1c(=O)oc2cc(S(=O)(=O)Nc3ccc4[nH]nc(NC(=O)Cc5ccc6c(c5)OCCO6)c4c3)ccc21. The lowest BCUT2D eigenvalue weighted by atomic mass is 10.1. The van der Waals surface area contributed by atoms with Crippen LogP contribution >= 0.6 is 0 Å². The third-order valence-corrected chi connectivity index (χ3v) is 7.50. The number of benzene rings is 3. The van der Waals surface area contributed by atoms with Crippen molar-refractivity contribution in [3.8, 4) is 11.5 Å². The molecule has 0 saturated carbocycles. The maximum Gasteiger partial charge on any atom is 0.419 e. The van der Waals surface area contributed by atoms with E-state index in [1.54, 1.807) is 36.4 Å². The van der Waals surface area contributed by atoms with Gasteiger partial charge in [-0.1, -0.05) is 6.07 Å². The number of aromatic nitrogens is 3. The van der Waals surface area contributed by atoms with Gasteiger partial charge in [0.05, 0.1) is 22.3 Å². The van der Waals surface area contributed by atoms with Crippen LogP contribution in [-0.4, -0.2) is 42.3 Å². The number of oxazole rings is 1. The summed E-state index contributed by atoms with van der Waals surface area (Å²) in [6.45, 7) is 0.933. The molecule has 3 N–H and O–H groups in total. The summed E-state index contributed by atoms with van der Waals surface area (Å²) in [6, 6.07) is 14.3. The Bertz CT molecular complexity index is 1890. The highest BCUT2D eigenvalue weighted by atomic mass is 32.2. The number of amides is 1. The molecule has 5 aromatic rings. The lowest BCUT2D eigenvalue weighted by Crippen LogP contribution is -2.17. The predicted octanol–water partition coefficient (Wildman–Crippen LogP) is 2.76. The van der Waals surface area contributed by atoms with Gasteiger partial charge in [0.1, 0.15) is 13.2 Å². The van der Waals surface area contributed by atoms with Crippen LogP contribution in [0.25, 0.3) is 22.0 Å². The van der Waals surface area contributed by atoms with Crippen LogP contribution in [0.15, 0.2) is 68.7 Å². The quantitative estimate of drug-likeness (QED) is 0.300. The van der Waals surface area contributed by atoms with Crippen molar-refractivity contribution in [3.05, 3.63) is 70.7 Å². The average Bonchev–Trinajstić information content (AvgIpc) is 3.42. The fraction of sp³-hybridized carbons (Fsp3) is 0.160. The number of anilines is 2. The van der Waals surface area contributed by atoms with Crippen LogP contribution in [0.1, 0.15) is 5.56 Å². The first-order chi connectivity index (χ1) is 18.3. The second kappa shape index (κ2) is 8.95. The zero-order valence-corrected chi connectivity index (χ0v) is 20.8. The summed E-state index contributed by atoms with van der Waals surface area (Å²) in [6.07, 6.45) is 0.0788. The molecule has 1 aliphatic rings. The minimum atomic E-state index is -4.01. The zero-order chi connectivity index (χ0) is 26.4. The molecule has 1 amide bonds. The molecular formula is C25H21N5O7S. The standard InChI is InChI=1S/C25H21N5O7S/c1-30-19-6-4-16(13-21(19)37-25(30)32)38(33,34)29-15-3-5-18-17(12-15)24(28-27-18)26-23(31)11-14-2-7-20-22(10-14)36-9-8-35-20/h2-7,10,12-13,29H,8-9,11H2,1H3,(H2,26,27,28,31). The Morgan fingerprint density at radius 3 is 2.71 bits per heavy atom. The molecule has 0 unspecified atom stereocenters. The zero-order valence-electron chi connectivity index (χ0n) is 20.0. The lowest BCUT2D eigenvalue weighted by molar-refractivity contribution is -0.115. The summed E-state index contributed by atoms with van der Waals surface area (Å²) >= 11 is 0. The molecule has 194 valence electrons. The molecular weight excluding hydrogens is 514 g/mol. The molecule has 38 heavy (non-hydrogen) atoms. The van der Waals surface area contributed by atoms with Crippen molar-refractivity contribution >= 4 is 49.4 Å². The molecule has 3 aromatic carbocycles. The van der Waals surface area contributed by atoms with Crippen LogP contribution < -0.4 is 25.3 Å². The Labute approximate surface area is 215 Å². The van der Waals surface area contributed by atoms with E-state index in [-0.39, 0.29) is 34.3 Å². The maximum absolute atomic E-state index is 13.0. The number of carbonyl (C=O) groups excluding carboxylic acids is 1. The van der Waals surface area contributed by atoms with E-state index in [1.807, 2.05) is 0 Å². The third kappa shape index (κ3) is 4.32. The Kier molecular flexibility index (Phi) is 5.56. The summed E-state index contributed by atoms with van der Waals surface area (Å²) in [5.74, 6) is 0.602. The van der Waals surface area contributed by atoms with E-state index in [4.69, 9.17) is 13.9 Å². The van der Waals surface area contributed by atoms with Crippen LogP contribution in [0.2, 0.25) is 0 Å². The van der Waals surface area contributed by atoms with Gasteiger partial charge in [-0.2, -0.15) is 5.10 Å². The fourth-order valence-corrected chi connectivity index (χ4v) is 5.29. The second-order valence-electron chi connectivity index (χ2n) is 8.70. The van der Waals surface area contributed by atoms with Gasteiger partial charge in [-0.3, -0.25) is 19.2 Å². The molecule has 0 fully saturated rings. The first kappa shape index (κ1) is 23.6. The Balaban J connectivity index is 1.21. The largest absolute Gasteiger partial charge is 0.486 e. The topological polar surface area (TPSA) is 158 Å². The van der Waals surface area contributed by atoms with Gasteiger partial charge in [-0.05, 0) is 48.0 Å². The molecule has 13 heteroatoms. The van der Waals surface area contributed by atoms with Crippen LogP contribution in [0.3, 0.4) is 0 Å². The summed E-state index contributed by atoms with van der Waals surface area (Å²) < 4.78 is 46.0. The number of ether oxygens (including phenoxy) is 2. The first-order valence-electron chi connectivity index (χ1n) is 11.6. The molecule has 6 rings (SSSR count). The van der Waals surface area contributed by atoms with E-state index < -0.39 is 15.8 Å². The lowest BCUT2D eigenvalue weighted by Gasteiger charge is -2.18. The Morgan fingerprint density at radius 2 is 1.87 bits per heavy atom. The number of sulfonamides is 1. The number of H-pyrrole nitrogens is 1. The van der Waals surface area contributed by atoms with Gasteiger partial charge in [-0.15, -0.1) is 0 Å². The monoisotopic (exact) mass is 535 g/mol. The van der Waals surface area contributed by atoms with Crippen molar-refractivity contribution in [1.29, 1.82) is 0 Å². The van der Waals surface area contributed by atoms with E-state index >= 15 is 0 Å². The van der Waals surface area contributed by atoms with Gasteiger partial charge < -0.3 is 19.2 Å². The molecule has 0 spiro atoms. The van der Waals surface area contributed by atoms with Crippen LogP contribution in [-0.2, 0) is 28.3 Å². The van der Waals surface area contributed by atoms with Gasteiger partial charge in [0.2, 0.25) is 5.91 Å². The highest BCUT2D eigenvalue weighted by Gasteiger charge is 2.19. The van der Waals surface area contributed by atoms with Gasteiger partial charge in [0.15, 0.2) is 22.9 Å². The van der Waals surface area contributed by atoms with Crippen molar-refractivity contribution in [2.24, 2.45) is 7.05 Å². The third-order valence-electron chi connectivity index (χ3n) is 6.12. The molecule has 2 aromatic heterocycles. The number of hydrogen-bond donors (Lipinski definition) is 3. The minimum absolute atomic E-state index is 0.0698. The van der Waals surface area contributed by atoms with E-state index in [0.717, 1.165) is 5.56 Å². The number of hydrogen-bond acceptors (Lipinski definition) is 8. The second-order valence-corrected chi connectivity index (χ2v) is 10.4. The van der Waals surface area contributed by atoms with Gasteiger partial charge in [-0.25, -0.2) is 13.2 Å². The molecule has 0 aliphatic carbocycles. The number of aromatic amines is 1. The maximum atomic E-state index is 13.0. The fourth-order valence-electron chi connectivity index (χ4n) is 4.23. The van der Waals surface area contributed by atoms with Crippen molar-refractivity contribution < 1.29 is 27.1 Å². The summed E-state index contributed by atoms with van der Waals surface area (Å²) in [5, 5.41) is 10.3. The van der Waals surface area contributed by atoms with Crippen molar-refractivity contribution in [2.45, 2.75) is 11.3 Å². The highest BCUT2D eigenvalue weighted by molar-refractivity contribution is 7.92. The molecule has 12 nitrogen and oxygen atoms in total. The average molecular weight is 536 g/mol. The van der Waals surface area contributed by atoms with Gasteiger partial charge >= 0.3 is 5.76 Å². The molecule has 0 atom stereocenters. The van der Waals surface area contributed by atoms with E-state index in [9.17, 15) is 18.0 Å². The van der Waals surface area contributed by atoms with E-state index in [1.165, 1.54) is 29.8 Å². The Hall–Kier alpha value is -4.78. The summed E-state index contributed by atoms with van der Waals surface area (Å²) in [4.78, 5) is 24.4. The van der Waals surface area contributed by atoms with Crippen molar-refractivity contribution in [3.63, 3.8) is 0 Å². The van der Waals surface area contributed by atoms with Crippen LogP contribution in [0.4, 0.5) is 11.5 Å². The molecule has 3 heterocycles.